The molecule has 37 heavy (non-hydrogen) atoms. The van der Waals surface area contributed by atoms with Crippen molar-refractivity contribution in [3.63, 3.8) is 0 Å². The maximum Gasteiger partial charge on any atom is 0.261 e. The molecule has 0 aliphatic carbocycles. The highest BCUT2D eigenvalue weighted by Crippen LogP contribution is 2.24. The average Bonchev–Trinajstić information content (AvgIpc) is 3.60. The lowest BCUT2D eigenvalue weighted by atomic mass is 10.2. The predicted molar refractivity (Wildman–Crippen MR) is 171 cm³/mol. The van der Waals surface area contributed by atoms with E-state index >= 15 is 0 Å². The van der Waals surface area contributed by atoms with Crippen molar-refractivity contribution in [2.45, 2.75) is 5.37 Å². The summed E-state index contributed by atoms with van der Waals surface area (Å²) in [7, 11) is 10.3. The van der Waals surface area contributed by atoms with E-state index in [9.17, 15) is 0 Å². The average molecular weight is 568 g/mol. The lowest BCUT2D eigenvalue weighted by molar-refractivity contribution is -0.668. The quantitative estimate of drug-likeness (QED) is 0.138. The normalized spacial score (nSPS) is 15.1. The molecule has 2 aromatic carbocycles. The highest BCUT2D eigenvalue weighted by atomic mass is 33.1. The molecule has 1 unspecified atom stereocenters. The minimum absolute atomic E-state index is 0.352. The van der Waals surface area contributed by atoms with E-state index in [1.807, 2.05) is 27.8 Å². The van der Waals surface area contributed by atoms with Crippen molar-refractivity contribution < 1.29 is 4.57 Å². The van der Waals surface area contributed by atoms with Crippen molar-refractivity contribution in [1.29, 1.82) is 0 Å². The van der Waals surface area contributed by atoms with Gasteiger partial charge in [0.25, 0.3) is 5.01 Å². The first-order valence-corrected chi connectivity index (χ1v) is 16.6. The fourth-order valence-electron chi connectivity index (χ4n) is 3.67. The summed E-state index contributed by atoms with van der Waals surface area (Å²) in [5.74, 6) is 2.21. The van der Waals surface area contributed by atoms with Crippen LogP contribution < -0.4 is 19.7 Å². The Kier molecular flexibility index (Phi) is 11.0. The zero-order valence-electron chi connectivity index (χ0n) is 21.6. The summed E-state index contributed by atoms with van der Waals surface area (Å²) in [5.41, 5.74) is 4.99. The lowest BCUT2D eigenvalue weighted by Gasteiger charge is -2.20. The van der Waals surface area contributed by atoms with Gasteiger partial charge < -0.3 is 15.1 Å². The van der Waals surface area contributed by atoms with Crippen LogP contribution in [0.4, 0.5) is 11.4 Å². The maximum atomic E-state index is 3.30. The van der Waals surface area contributed by atoms with Crippen LogP contribution in [-0.4, -0.2) is 44.1 Å². The molecule has 0 fully saturated rings. The molecule has 1 aliphatic heterocycles. The number of rotatable bonds is 13. The first-order valence-electron chi connectivity index (χ1n) is 12.3. The van der Waals surface area contributed by atoms with Gasteiger partial charge in [0.2, 0.25) is 0 Å². The molecule has 0 radical (unpaired) electrons. The zero-order valence-corrected chi connectivity index (χ0v) is 24.9. The van der Waals surface area contributed by atoms with Crippen molar-refractivity contribution in [3.8, 4) is 0 Å². The van der Waals surface area contributed by atoms with E-state index < -0.39 is 0 Å². The SMILES string of the molecule is CN(CCSSCCN(C)c1ccc(C=CC2NC=CS2)cc1)c1ccc(C=Cc2scc[n+]2C)cc1. The van der Waals surface area contributed by atoms with Crippen LogP contribution in [0, 0.1) is 0 Å². The van der Waals surface area contributed by atoms with Gasteiger partial charge in [0.1, 0.15) is 7.05 Å². The van der Waals surface area contributed by atoms with Gasteiger partial charge >= 0.3 is 0 Å². The number of thiazole rings is 1. The van der Waals surface area contributed by atoms with Crippen molar-refractivity contribution in [3.05, 3.63) is 93.9 Å². The molecule has 194 valence electrons. The molecule has 1 N–H and O–H groups in total. The topological polar surface area (TPSA) is 22.4 Å². The van der Waals surface area contributed by atoms with Gasteiger partial charge in [-0.2, -0.15) is 4.57 Å². The number of anilines is 2. The molecule has 2 heterocycles. The molecule has 1 atom stereocenters. The summed E-state index contributed by atoms with van der Waals surface area (Å²) < 4.78 is 2.14. The van der Waals surface area contributed by atoms with Gasteiger partial charge in [-0.3, -0.25) is 0 Å². The molecule has 8 heteroatoms. The van der Waals surface area contributed by atoms with Crippen LogP contribution in [0.5, 0.6) is 0 Å². The largest absolute Gasteiger partial charge is 0.375 e. The van der Waals surface area contributed by atoms with Gasteiger partial charge in [-0.15, -0.1) is 11.8 Å². The van der Waals surface area contributed by atoms with Gasteiger partial charge in [-0.1, -0.05) is 69.3 Å². The third-order valence-electron chi connectivity index (χ3n) is 6.03. The molecule has 3 aromatic rings. The summed E-state index contributed by atoms with van der Waals surface area (Å²) in [6.07, 6.45) is 12.8. The third-order valence-corrected chi connectivity index (χ3v) is 10.2. The van der Waals surface area contributed by atoms with E-state index in [2.05, 4.69) is 131 Å². The monoisotopic (exact) mass is 567 g/mol. The molecular weight excluding hydrogens is 533 g/mol. The Morgan fingerprint density at radius 2 is 1.46 bits per heavy atom. The van der Waals surface area contributed by atoms with Gasteiger partial charge in [0.15, 0.2) is 6.20 Å². The van der Waals surface area contributed by atoms with E-state index in [0.717, 1.165) is 24.6 Å². The zero-order chi connectivity index (χ0) is 25.9. The smallest absolute Gasteiger partial charge is 0.261 e. The fraction of sp³-hybridized carbons (Fsp3) is 0.276. The summed E-state index contributed by atoms with van der Waals surface area (Å²) in [6.45, 7) is 2.07. The van der Waals surface area contributed by atoms with Crippen molar-refractivity contribution in [1.82, 2.24) is 5.32 Å². The lowest BCUT2D eigenvalue weighted by Crippen LogP contribution is -2.26. The molecule has 0 saturated carbocycles. The summed E-state index contributed by atoms with van der Waals surface area (Å²) in [5, 5.41) is 9.10. The minimum Gasteiger partial charge on any atom is -0.375 e. The van der Waals surface area contributed by atoms with Gasteiger partial charge in [-0.25, -0.2) is 0 Å². The predicted octanol–water partition coefficient (Wildman–Crippen LogP) is 6.84. The van der Waals surface area contributed by atoms with E-state index in [0.29, 0.717) is 5.37 Å². The molecule has 4 nitrogen and oxygen atoms in total. The Morgan fingerprint density at radius 3 is 1.97 bits per heavy atom. The van der Waals surface area contributed by atoms with Crippen LogP contribution in [-0.2, 0) is 7.05 Å². The van der Waals surface area contributed by atoms with Gasteiger partial charge in [0, 0.05) is 62.3 Å². The maximum absolute atomic E-state index is 3.30. The van der Waals surface area contributed by atoms with E-state index in [1.165, 1.54) is 27.5 Å². The van der Waals surface area contributed by atoms with Crippen LogP contribution in [0.2, 0.25) is 0 Å². The van der Waals surface area contributed by atoms with E-state index in [-0.39, 0.29) is 0 Å². The number of aryl methyl sites for hydroxylation is 1. The van der Waals surface area contributed by atoms with Crippen molar-refractivity contribution >= 4 is 74.3 Å². The number of aromatic nitrogens is 1. The Morgan fingerprint density at radius 1 is 0.865 bits per heavy atom. The fourth-order valence-corrected chi connectivity index (χ4v) is 7.17. The number of hydrogen-bond acceptors (Lipinski definition) is 7. The van der Waals surface area contributed by atoms with Crippen LogP contribution >= 0.6 is 44.7 Å². The minimum atomic E-state index is 0.352. The molecule has 4 rings (SSSR count). The number of nitrogens with one attached hydrogen (secondary N) is 1. The highest BCUT2D eigenvalue weighted by Gasteiger charge is 2.06. The summed E-state index contributed by atoms with van der Waals surface area (Å²) in [6, 6.07) is 17.6. The van der Waals surface area contributed by atoms with Gasteiger partial charge in [-0.05, 0) is 46.9 Å². The first-order chi connectivity index (χ1) is 18.1. The second-order valence-corrected chi connectivity index (χ2v) is 13.4. The Bertz CT molecular complexity index is 1180. The number of hydrogen-bond donors (Lipinski definition) is 1. The van der Waals surface area contributed by atoms with E-state index in [1.54, 1.807) is 23.1 Å². The first kappa shape index (κ1) is 27.8. The van der Waals surface area contributed by atoms with Crippen molar-refractivity contribution in [2.75, 3.05) is 48.5 Å². The molecule has 0 spiro atoms. The highest BCUT2D eigenvalue weighted by molar-refractivity contribution is 8.76. The second kappa shape index (κ2) is 14.6. The van der Waals surface area contributed by atoms with Crippen LogP contribution in [0.1, 0.15) is 16.1 Å². The molecule has 0 saturated heterocycles. The summed E-state index contributed by atoms with van der Waals surface area (Å²) in [4.78, 5) is 4.67. The Hall–Kier alpha value is -2.26. The summed E-state index contributed by atoms with van der Waals surface area (Å²) >= 11 is 3.54. The standard InChI is InChI=1S/C29H35N4S4/c1-31(26-10-4-24(5-11-26)8-14-28-30-16-20-34-28)18-22-36-37-23-19-32(2)27-12-6-25(7-13-27)9-15-29-33(3)17-21-35-29/h4-17,20-21,28,30H,18-19,22-23H2,1-3H3/q+1. The van der Waals surface area contributed by atoms with Crippen molar-refractivity contribution in [2.24, 2.45) is 7.05 Å². The number of nitrogens with zero attached hydrogens (tertiary/aromatic N) is 3. The van der Waals surface area contributed by atoms with Gasteiger partial charge in [0.05, 0.1) is 10.8 Å². The number of benzene rings is 2. The second-order valence-electron chi connectivity index (χ2n) is 8.74. The van der Waals surface area contributed by atoms with Crippen LogP contribution in [0.3, 0.4) is 0 Å². The third kappa shape index (κ3) is 8.92. The van der Waals surface area contributed by atoms with Crippen LogP contribution in [0.25, 0.3) is 18.2 Å². The molecule has 0 amide bonds. The molecular formula is C29H35N4S4+. The Labute approximate surface area is 237 Å². The van der Waals surface area contributed by atoms with E-state index in [4.69, 9.17) is 0 Å². The van der Waals surface area contributed by atoms with Crippen LogP contribution in [0.15, 0.2) is 77.8 Å². The molecule has 1 aliphatic rings. The number of thioether (sulfide) groups is 1. The Balaban J connectivity index is 1.10. The molecule has 0 bridgehead atoms. The molecule has 1 aromatic heterocycles.